The van der Waals surface area contributed by atoms with Crippen LogP contribution in [0.2, 0.25) is 0 Å². The standard InChI is InChI=1S/C21H27F2N5O/c1-2-24-19-11-20(27-14-26-19)28-9-3-4-15(13-28)5-8-21(29)25-12-16-6-7-17(22)10-18(16)23/h6-7,10-11,14-15H,2-5,8-9,12-13H2,1H3,(H,25,29)(H,24,26,27)/t15-/m1/s1. The minimum atomic E-state index is -0.644. The SMILES string of the molecule is CCNc1cc(N2CCC[C@H](CCC(=O)NCc3ccc(F)cc3F)C2)ncn1. The molecule has 0 radical (unpaired) electrons. The van der Waals surface area contributed by atoms with Gasteiger partial charge in [-0.3, -0.25) is 4.79 Å². The summed E-state index contributed by atoms with van der Waals surface area (Å²) in [6.07, 6.45) is 4.83. The van der Waals surface area contributed by atoms with Crippen molar-refractivity contribution in [2.24, 2.45) is 5.92 Å². The highest BCUT2D eigenvalue weighted by Crippen LogP contribution is 2.25. The zero-order chi connectivity index (χ0) is 20.6. The van der Waals surface area contributed by atoms with E-state index in [0.29, 0.717) is 12.3 Å². The molecule has 29 heavy (non-hydrogen) atoms. The van der Waals surface area contributed by atoms with Gasteiger partial charge in [0.2, 0.25) is 5.91 Å². The van der Waals surface area contributed by atoms with E-state index in [0.717, 1.165) is 56.6 Å². The Balaban J connectivity index is 1.46. The lowest BCUT2D eigenvalue weighted by Gasteiger charge is -2.33. The van der Waals surface area contributed by atoms with Gasteiger partial charge in [0.25, 0.3) is 0 Å². The summed E-state index contributed by atoms with van der Waals surface area (Å²) in [5, 5.41) is 5.91. The molecular formula is C21H27F2N5O. The Labute approximate surface area is 169 Å². The Kier molecular flexibility index (Phi) is 7.32. The molecule has 1 aromatic carbocycles. The number of benzene rings is 1. The van der Waals surface area contributed by atoms with Gasteiger partial charge in [-0.1, -0.05) is 6.07 Å². The Morgan fingerprint density at radius 3 is 2.93 bits per heavy atom. The van der Waals surface area contributed by atoms with Crippen molar-refractivity contribution in [3.63, 3.8) is 0 Å². The number of nitrogens with one attached hydrogen (secondary N) is 2. The topological polar surface area (TPSA) is 70.2 Å². The van der Waals surface area contributed by atoms with Crippen LogP contribution < -0.4 is 15.5 Å². The maximum absolute atomic E-state index is 13.6. The maximum atomic E-state index is 13.6. The molecule has 1 aliphatic rings. The van der Waals surface area contributed by atoms with Crippen LogP contribution in [0.3, 0.4) is 0 Å². The van der Waals surface area contributed by atoms with Crippen LogP contribution in [0.15, 0.2) is 30.6 Å². The number of anilines is 2. The van der Waals surface area contributed by atoms with Gasteiger partial charge in [-0.25, -0.2) is 18.7 Å². The lowest BCUT2D eigenvalue weighted by molar-refractivity contribution is -0.121. The first-order chi connectivity index (χ1) is 14.0. The van der Waals surface area contributed by atoms with Crippen LogP contribution >= 0.6 is 0 Å². The van der Waals surface area contributed by atoms with Crippen LogP contribution in [0.25, 0.3) is 0 Å². The molecule has 2 aromatic rings. The second-order valence-corrected chi connectivity index (χ2v) is 7.30. The van der Waals surface area contributed by atoms with E-state index in [9.17, 15) is 13.6 Å². The Hall–Kier alpha value is -2.77. The Morgan fingerprint density at radius 2 is 2.14 bits per heavy atom. The number of hydrogen-bond acceptors (Lipinski definition) is 5. The molecule has 0 bridgehead atoms. The third-order valence-electron chi connectivity index (χ3n) is 5.12. The molecule has 8 heteroatoms. The van der Waals surface area contributed by atoms with Crippen LogP contribution in [0.5, 0.6) is 0 Å². The van der Waals surface area contributed by atoms with E-state index >= 15 is 0 Å². The molecule has 1 amide bonds. The van der Waals surface area contributed by atoms with Crippen LogP contribution in [0.1, 0.15) is 38.2 Å². The number of carbonyl (C=O) groups is 1. The fraction of sp³-hybridized carbons (Fsp3) is 0.476. The van der Waals surface area contributed by atoms with Gasteiger partial charge >= 0.3 is 0 Å². The van der Waals surface area contributed by atoms with Gasteiger partial charge in [0.05, 0.1) is 0 Å². The number of hydrogen-bond donors (Lipinski definition) is 2. The molecular weight excluding hydrogens is 376 g/mol. The molecule has 2 heterocycles. The summed E-state index contributed by atoms with van der Waals surface area (Å²) in [4.78, 5) is 23.0. The third-order valence-corrected chi connectivity index (χ3v) is 5.12. The van der Waals surface area contributed by atoms with Crippen molar-refractivity contribution in [2.45, 2.75) is 39.2 Å². The number of aromatic nitrogens is 2. The van der Waals surface area contributed by atoms with Gasteiger partial charge < -0.3 is 15.5 Å². The molecule has 1 aromatic heterocycles. The summed E-state index contributed by atoms with van der Waals surface area (Å²) < 4.78 is 26.6. The van der Waals surface area contributed by atoms with E-state index in [2.05, 4.69) is 25.5 Å². The molecule has 0 spiro atoms. The smallest absolute Gasteiger partial charge is 0.220 e. The number of carbonyl (C=O) groups excluding carboxylic acids is 1. The van der Waals surface area contributed by atoms with E-state index in [1.54, 1.807) is 6.33 Å². The predicted molar refractivity (Wildman–Crippen MR) is 109 cm³/mol. The number of rotatable bonds is 8. The molecule has 1 atom stereocenters. The average Bonchev–Trinajstić information content (AvgIpc) is 2.72. The van der Waals surface area contributed by atoms with Gasteiger partial charge in [0.1, 0.15) is 29.6 Å². The van der Waals surface area contributed by atoms with E-state index in [4.69, 9.17) is 0 Å². The third kappa shape index (κ3) is 6.10. The van der Waals surface area contributed by atoms with Crippen LogP contribution in [0, 0.1) is 17.6 Å². The highest BCUT2D eigenvalue weighted by Gasteiger charge is 2.22. The minimum absolute atomic E-state index is 0.0654. The van der Waals surface area contributed by atoms with Crippen LogP contribution in [-0.2, 0) is 11.3 Å². The Bertz CT molecular complexity index is 832. The largest absolute Gasteiger partial charge is 0.370 e. The van der Waals surface area contributed by atoms with Crippen molar-refractivity contribution in [1.29, 1.82) is 0 Å². The molecule has 0 aliphatic carbocycles. The minimum Gasteiger partial charge on any atom is -0.370 e. The van der Waals surface area contributed by atoms with Gasteiger partial charge in [0.15, 0.2) is 0 Å². The summed E-state index contributed by atoms with van der Waals surface area (Å²) in [6.45, 7) is 4.68. The van der Waals surface area contributed by atoms with E-state index in [-0.39, 0.29) is 18.0 Å². The highest BCUT2D eigenvalue weighted by molar-refractivity contribution is 5.75. The van der Waals surface area contributed by atoms with Crippen LogP contribution in [0.4, 0.5) is 20.4 Å². The summed E-state index contributed by atoms with van der Waals surface area (Å²) in [7, 11) is 0. The normalized spacial score (nSPS) is 16.5. The first-order valence-corrected chi connectivity index (χ1v) is 10.1. The molecule has 0 unspecified atom stereocenters. The fourth-order valence-corrected chi connectivity index (χ4v) is 3.59. The lowest BCUT2D eigenvalue weighted by atomic mass is 9.93. The van der Waals surface area contributed by atoms with Crippen molar-refractivity contribution >= 4 is 17.5 Å². The van der Waals surface area contributed by atoms with E-state index in [1.807, 2.05) is 13.0 Å². The van der Waals surface area contributed by atoms with E-state index < -0.39 is 11.6 Å². The summed E-state index contributed by atoms with van der Waals surface area (Å²) >= 11 is 0. The molecule has 1 aliphatic heterocycles. The zero-order valence-electron chi connectivity index (χ0n) is 16.6. The number of halogens is 2. The summed E-state index contributed by atoms with van der Waals surface area (Å²) in [6, 6.07) is 5.33. The van der Waals surface area contributed by atoms with Gasteiger partial charge in [-0.05, 0) is 38.2 Å². The van der Waals surface area contributed by atoms with Crippen molar-refractivity contribution < 1.29 is 13.6 Å². The Morgan fingerprint density at radius 1 is 1.28 bits per heavy atom. The molecule has 3 rings (SSSR count). The fourth-order valence-electron chi connectivity index (χ4n) is 3.59. The van der Waals surface area contributed by atoms with Crippen molar-refractivity contribution in [3.05, 3.63) is 47.8 Å². The lowest BCUT2D eigenvalue weighted by Crippen LogP contribution is -2.36. The van der Waals surface area contributed by atoms with Gasteiger partial charge in [-0.15, -0.1) is 0 Å². The molecule has 156 valence electrons. The first-order valence-electron chi connectivity index (χ1n) is 10.1. The highest BCUT2D eigenvalue weighted by atomic mass is 19.1. The molecule has 6 nitrogen and oxygen atoms in total. The molecule has 0 saturated carbocycles. The average molecular weight is 403 g/mol. The summed E-state index contributed by atoms with van der Waals surface area (Å²) in [5.41, 5.74) is 0.281. The number of nitrogens with zero attached hydrogens (tertiary/aromatic N) is 3. The quantitative estimate of drug-likeness (QED) is 0.706. The second-order valence-electron chi connectivity index (χ2n) is 7.30. The van der Waals surface area contributed by atoms with Crippen molar-refractivity contribution in [1.82, 2.24) is 15.3 Å². The predicted octanol–water partition coefficient (Wildman–Crippen LogP) is 3.50. The van der Waals surface area contributed by atoms with Crippen LogP contribution in [-0.4, -0.2) is 35.5 Å². The van der Waals surface area contributed by atoms with Gasteiger partial charge in [0, 0.05) is 50.3 Å². The van der Waals surface area contributed by atoms with Crippen molar-refractivity contribution in [3.8, 4) is 0 Å². The molecule has 2 N–H and O–H groups in total. The molecule has 1 fully saturated rings. The first kappa shape index (κ1) is 21.0. The summed E-state index contributed by atoms with van der Waals surface area (Å²) in [5.74, 6) is 0.719. The maximum Gasteiger partial charge on any atom is 0.220 e. The van der Waals surface area contributed by atoms with Crippen molar-refractivity contribution in [2.75, 3.05) is 29.9 Å². The molecule has 1 saturated heterocycles. The monoisotopic (exact) mass is 403 g/mol. The second kappa shape index (κ2) is 10.1. The van der Waals surface area contributed by atoms with Gasteiger partial charge in [-0.2, -0.15) is 0 Å². The number of amides is 1. The van der Waals surface area contributed by atoms with E-state index in [1.165, 1.54) is 12.1 Å². The number of piperidine rings is 1. The zero-order valence-corrected chi connectivity index (χ0v) is 16.6.